The third-order valence-corrected chi connectivity index (χ3v) is 11.0. The minimum Gasteiger partial charge on any atom is -0.497 e. The third kappa shape index (κ3) is 7.88. The van der Waals surface area contributed by atoms with Gasteiger partial charge in [0.05, 0.1) is 7.11 Å². The Morgan fingerprint density at radius 2 is 1.60 bits per heavy atom. The lowest BCUT2D eigenvalue weighted by molar-refractivity contribution is -0.131. The first-order chi connectivity index (χ1) is 20.4. The summed E-state index contributed by atoms with van der Waals surface area (Å²) in [6.07, 6.45) is 22.8. The number of ether oxygens (including phenoxy) is 1. The number of rotatable bonds is 18. The Labute approximate surface area is 257 Å². The normalized spacial score (nSPS) is 24.5. The standard InChI is InChI=1S/C38H59NO3/c1-5-7-25-39(26-8-6-2)36(41)18-16-14-12-10-9-11-13-15-17-29-27-30-28-31(42-4)19-20-32(30)33-23-24-38(3)34(37(29)33)21-22-35(38)40/h19-20,27-28,33-34,37H,5-18,21-26H2,1-4H3/t33-,34+,37-,38+/m1/s1. The fraction of sp³-hybridized carbons (Fsp3) is 0.737. The van der Waals surface area contributed by atoms with E-state index in [1.807, 2.05) is 0 Å². The summed E-state index contributed by atoms with van der Waals surface area (Å²) in [7, 11) is 1.75. The van der Waals surface area contributed by atoms with Gasteiger partial charge in [-0.15, -0.1) is 0 Å². The first-order valence-electron chi connectivity index (χ1n) is 17.6. The van der Waals surface area contributed by atoms with Crippen LogP contribution in [0.2, 0.25) is 0 Å². The van der Waals surface area contributed by atoms with Crippen LogP contribution < -0.4 is 4.74 Å². The molecule has 1 amide bonds. The topological polar surface area (TPSA) is 46.6 Å². The maximum absolute atomic E-state index is 13.0. The summed E-state index contributed by atoms with van der Waals surface area (Å²) in [4.78, 5) is 27.7. The molecule has 234 valence electrons. The number of Topliss-reactive ketones (excluding diaryl/α,β-unsaturated/α-hetero) is 1. The van der Waals surface area contributed by atoms with Crippen LogP contribution in [-0.4, -0.2) is 36.8 Å². The van der Waals surface area contributed by atoms with Gasteiger partial charge in [-0.3, -0.25) is 9.59 Å². The van der Waals surface area contributed by atoms with E-state index in [0.29, 0.717) is 29.4 Å². The van der Waals surface area contributed by atoms with Crippen LogP contribution in [-0.2, 0) is 9.59 Å². The molecule has 1 aromatic carbocycles. The van der Waals surface area contributed by atoms with Gasteiger partial charge >= 0.3 is 0 Å². The van der Waals surface area contributed by atoms with Crippen molar-refractivity contribution in [2.75, 3.05) is 20.2 Å². The molecule has 0 aliphatic heterocycles. The highest BCUT2D eigenvalue weighted by molar-refractivity contribution is 5.87. The zero-order valence-corrected chi connectivity index (χ0v) is 27.4. The van der Waals surface area contributed by atoms with E-state index in [-0.39, 0.29) is 5.41 Å². The molecule has 2 fully saturated rings. The lowest BCUT2D eigenvalue weighted by Gasteiger charge is -2.48. The first-order valence-corrected chi connectivity index (χ1v) is 17.6. The number of hydrogen-bond donors (Lipinski definition) is 0. The van der Waals surface area contributed by atoms with E-state index in [4.69, 9.17) is 4.74 Å². The summed E-state index contributed by atoms with van der Waals surface area (Å²) in [5.74, 6) is 3.40. The maximum atomic E-state index is 13.0. The minimum atomic E-state index is -0.113. The van der Waals surface area contributed by atoms with Crippen molar-refractivity contribution in [2.45, 2.75) is 142 Å². The molecule has 1 aromatic rings. The van der Waals surface area contributed by atoms with E-state index in [1.165, 1.54) is 56.1 Å². The predicted octanol–water partition coefficient (Wildman–Crippen LogP) is 9.90. The van der Waals surface area contributed by atoms with Gasteiger partial charge in [0.1, 0.15) is 11.5 Å². The Kier molecular flexibility index (Phi) is 12.6. The second-order valence-electron chi connectivity index (χ2n) is 13.8. The molecule has 2 saturated carbocycles. The van der Waals surface area contributed by atoms with Crippen LogP contribution in [0.3, 0.4) is 0 Å². The van der Waals surface area contributed by atoms with Gasteiger partial charge in [0.25, 0.3) is 0 Å². The van der Waals surface area contributed by atoms with Crippen LogP contribution in [0, 0.1) is 17.3 Å². The number of nitrogens with zero attached hydrogens (tertiary/aromatic N) is 1. The molecule has 4 rings (SSSR count). The Morgan fingerprint density at radius 1 is 0.929 bits per heavy atom. The van der Waals surface area contributed by atoms with Gasteiger partial charge < -0.3 is 9.64 Å². The number of carbonyl (C=O) groups excluding carboxylic acids is 2. The van der Waals surface area contributed by atoms with Crippen molar-refractivity contribution in [1.29, 1.82) is 0 Å². The van der Waals surface area contributed by atoms with Crippen molar-refractivity contribution in [2.24, 2.45) is 17.3 Å². The summed E-state index contributed by atoms with van der Waals surface area (Å²) in [6, 6.07) is 6.64. The van der Waals surface area contributed by atoms with Crippen molar-refractivity contribution < 1.29 is 14.3 Å². The van der Waals surface area contributed by atoms with Crippen molar-refractivity contribution in [1.82, 2.24) is 4.90 Å². The van der Waals surface area contributed by atoms with E-state index in [2.05, 4.69) is 49.9 Å². The molecule has 0 spiro atoms. The monoisotopic (exact) mass is 577 g/mol. The molecule has 0 N–H and O–H groups in total. The average molecular weight is 578 g/mol. The Bertz CT molecular complexity index is 1050. The molecule has 0 unspecified atom stereocenters. The lowest BCUT2D eigenvalue weighted by atomic mass is 9.55. The Hall–Kier alpha value is -2.10. The highest BCUT2D eigenvalue weighted by atomic mass is 16.5. The van der Waals surface area contributed by atoms with Crippen molar-refractivity contribution in [3.05, 3.63) is 34.9 Å². The summed E-state index contributed by atoms with van der Waals surface area (Å²) >= 11 is 0. The van der Waals surface area contributed by atoms with E-state index in [9.17, 15) is 9.59 Å². The zero-order chi connectivity index (χ0) is 30.0. The fourth-order valence-electron chi connectivity index (χ4n) is 8.34. The summed E-state index contributed by atoms with van der Waals surface area (Å²) < 4.78 is 5.57. The molecular weight excluding hydrogens is 518 g/mol. The van der Waals surface area contributed by atoms with Crippen molar-refractivity contribution in [3.8, 4) is 5.75 Å². The quantitative estimate of drug-likeness (QED) is 0.163. The van der Waals surface area contributed by atoms with Crippen LogP contribution in [0.25, 0.3) is 6.08 Å². The van der Waals surface area contributed by atoms with E-state index < -0.39 is 0 Å². The molecule has 0 aromatic heterocycles. The van der Waals surface area contributed by atoms with Crippen LogP contribution in [0.15, 0.2) is 23.8 Å². The molecule has 0 saturated heterocycles. The highest BCUT2D eigenvalue weighted by Crippen LogP contribution is 2.61. The second kappa shape index (κ2) is 16.1. The van der Waals surface area contributed by atoms with Crippen molar-refractivity contribution in [3.63, 3.8) is 0 Å². The van der Waals surface area contributed by atoms with Gasteiger partial charge in [-0.2, -0.15) is 0 Å². The largest absolute Gasteiger partial charge is 0.497 e. The van der Waals surface area contributed by atoms with Crippen LogP contribution in [0.4, 0.5) is 0 Å². The summed E-state index contributed by atoms with van der Waals surface area (Å²) in [5.41, 5.74) is 4.30. The van der Waals surface area contributed by atoms with Gasteiger partial charge in [0.2, 0.25) is 5.91 Å². The Balaban J connectivity index is 1.20. The molecule has 3 aliphatic carbocycles. The number of fused-ring (bicyclic) bond motifs is 5. The molecular formula is C38H59NO3. The SMILES string of the molecule is CCCCN(CCCC)C(=O)CCCCCCCCCCC1=Cc2cc(OC)ccc2[C@H]2CC[C@]3(C)C(=O)CC[C@H]3[C@H]12. The smallest absolute Gasteiger partial charge is 0.222 e. The molecule has 0 bridgehead atoms. The van der Waals surface area contributed by atoms with Crippen LogP contribution in [0.1, 0.15) is 153 Å². The number of amides is 1. The number of hydrogen-bond acceptors (Lipinski definition) is 3. The summed E-state index contributed by atoms with van der Waals surface area (Å²) in [5, 5.41) is 0. The average Bonchev–Trinajstić information content (AvgIpc) is 3.31. The van der Waals surface area contributed by atoms with Crippen LogP contribution >= 0.6 is 0 Å². The number of methoxy groups -OCH3 is 1. The molecule has 0 radical (unpaired) electrons. The minimum absolute atomic E-state index is 0.113. The van der Waals surface area contributed by atoms with Crippen LogP contribution in [0.5, 0.6) is 5.75 Å². The molecule has 4 heteroatoms. The van der Waals surface area contributed by atoms with Gasteiger partial charge in [0, 0.05) is 31.3 Å². The third-order valence-electron chi connectivity index (χ3n) is 11.0. The number of allylic oxidation sites excluding steroid dienone is 1. The zero-order valence-electron chi connectivity index (χ0n) is 27.4. The van der Waals surface area contributed by atoms with Gasteiger partial charge in [-0.1, -0.05) is 89.9 Å². The lowest BCUT2D eigenvalue weighted by Crippen LogP contribution is -2.42. The van der Waals surface area contributed by atoms with Gasteiger partial charge in [-0.05, 0) is 92.4 Å². The van der Waals surface area contributed by atoms with E-state index >= 15 is 0 Å². The number of carbonyl (C=O) groups is 2. The van der Waals surface area contributed by atoms with E-state index in [1.54, 1.807) is 12.7 Å². The summed E-state index contributed by atoms with van der Waals surface area (Å²) in [6.45, 7) is 8.55. The number of unbranched alkanes of at least 4 members (excludes halogenated alkanes) is 9. The molecule has 4 nitrogen and oxygen atoms in total. The van der Waals surface area contributed by atoms with Crippen molar-refractivity contribution >= 4 is 17.8 Å². The maximum Gasteiger partial charge on any atom is 0.222 e. The molecule has 42 heavy (non-hydrogen) atoms. The molecule has 0 heterocycles. The van der Waals surface area contributed by atoms with E-state index in [0.717, 1.165) is 89.5 Å². The first kappa shape index (κ1) is 32.8. The molecule has 4 atom stereocenters. The highest BCUT2D eigenvalue weighted by Gasteiger charge is 2.55. The Morgan fingerprint density at radius 3 is 2.26 bits per heavy atom. The predicted molar refractivity (Wildman–Crippen MR) is 175 cm³/mol. The molecule has 3 aliphatic rings. The fourth-order valence-corrected chi connectivity index (χ4v) is 8.34. The van der Waals surface area contributed by atoms with Gasteiger partial charge in [0.15, 0.2) is 0 Å². The number of ketones is 1. The van der Waals surface area contributed by atoms with Gasteiger partial charge in [-0.25, -0.2) is 0 Å². The number of benzene rings is 1. The second-order valence-corrected chi connectivity index (χ2v) is 13.8.